The molecule has 0 unspecified atom stereocenters. The summed E-state index contributed by atoms with van der Waals surface area (Å²) in [6.07, 6.45) is 0. The minimum Gasteiger partial charge on any atom is -0.376 e. The van der Waals surface area contributed by atoms with Crippen LogP contribution in [0.5, 0.6) is 0 Å². The number of Topliss-reactive ketones (excluding diaryl/α,β-unsaturated/α-hetero) is 1. The van der Waals surface area contributed by atoms with Crippen molar-refractivity contribution in [2.45, 2.75) is 19.9 Å². The predicted octanol–water partition coefficient (Wildman–Crippen LogP) is 3.18. The highest BCUT2D eigenvalue weighted by atomic mass is 16.2. The van der Waals surface area contributed by atoms with Crippen LogP contribution < -0.4 is 10.6 Å². The van der Waals surface area contributed by atoms with Gasteiger partial charge in [0.2, 0.25) is 5.91 Å². The van der Waals surface area contributed by atoms with E-state index in [0.717, 1.165) is 11.3 Å². The molecule has 0 spiro atoms. The van der Waals surface area contributed by atoms with Crippen molar-refractivity contribution >= 4 is 17.4 Å². The van der Waals surface area contributed by atoms with Crippen LogP contribution in [0.4, 0.5) is 5.69 Å². The van der Waals surface area contributed by atoms with E-state index >= 15 is 0 Å². The Morgan fingerprint density at radius 2 is 1.77 bits per heavy atom. The summed E-state index contributed by atoms with van der Waals surface area (Å²) < 4.78 is 0. The van der Waals surface area contributed by atoms with Gasteiger partial charge in [0.15, 0.2) is 5.78 Å². The van der Waals surface area contributed by atoms with Crippen molar-refractivity contribution in [3.05, 3.63) is 65.7 Å². The maximum Gasteiger partial charge on any atom is 0.239 e. The molecule has 2 N–H and O–H groups in total. The zero-order chi connectivity index (χ0) is 15.9. The second kappa shape index (κ2) is 7.41. The number of hydrogen-bond donors (Lipinski definition) is 2. The van der Waals surface area contributed by atoms with Crippen LogP contribution >= 0.6 is 0 Å². The monoisotopic (exact) mass is 296 g/mol. The van der Waals surface area contributed by atoms with Gasteiger partial charge in [0.05, 0.1) is 12.6 Å². The molecule has 0 aliphatic rings. The Hall–Kier alpha value is -2.62. The first kappa shape index (κ1) is 15.8. The Kier molecular flexibility index (Phi) is 5.31. The summed E-state index contributed by atoms with van der Waals surface area (Å²) in [5, 5.41) is 5.97. The van der Waals surface area contributed by atoms with Crippen molar-refractivity contribution < 1.29 is 9.59 Å². The van der Waals surface area contributed by atoms with Gasteiger partial charge in [-0.2, -0.15) is 0 Å². The van der Waals surface area contributed by atoms with Crippen LogP contribution in [0.3, 0.4) is 0 Å². The van der Waals surface area contributed by atoms with Crippen LogP contribution in [0.1, 0.15) is 35.8 Å². The lowest BCUT2D eigenvalue weighted by atomic mass is 10.1. The number of anilines is 1. The lowest BCUT2D eigenvalue weighted by Gasteiger charge is -2.15. The largest absolute Gasteiger partial charge is 0.376 e. The standard InChI is InChI=1S/C18H20N2O2/c1-13(15-7-4-3-5-8-15)20-18(22)12-19-17-10-6-9-16(11-17)14(2)21/h3-11,13,19H,12H2,1-2H3,(H,20,22)/t13-/m1/s1. The summed E-state index contributed by atoms with van der Waals surface area (Å²) in [6, 6.07) is 16.9. The minimum absolute atomic E-state index is 0.00537. The van der Waals surface area contributed by atoms with Gasteiger partial charge in [-0.1, -0.05) is 42.5 Å². The van der Waals surface area contributed by atoms with Gasteiger partial charge in [0.25, 0.3) is 0 Å². The lowest BCUT2D eigenvalue weighted by Crippen LogP contribution is -2.32. The quantitative estimate of drug-likeness (QED) is 0.805. The lowest BCUT2D eigenvalue weighted by molar-refractivity contribution is -0.120. The van der Waals surface area contributed by atoms with Gasteiger partial charge in [-0.25, -0.2) is 0 Å². The SMILES string of the molecule is CC(=O)c1cccc(NCC(=O)N[C@H](C)c2ccccc2)c1. The molecule has 0 aromatic heterocycles. The number of benzene rings is 2. The first-order chi connectivity index (χ1) is 10.6. The maximum atomic E-state index is 12.0. The third-order valence-corrected chi connectivity index (χ3v) is 3.40. The highest BCUT2D eigenvalue weighted by Crippen LogP contribution is 2.12. The Labute approximate surface area is 130 Å². The van der Waals surface area contributed by atoms with Crippen molar-refractivity contribution in [2.75, 3.05) is 11.9 Å². The van der Waals surface area contributed by atoms with Gasteiger partial charge in [0, 0.05) is 11.3 Å². The highest BCUT2D eigenvalue weighted by molar-refractivity contribution is 5.95. The number of carbonyl (C=O) groups is 2. The van der Waals surface area contributed by atoms with E-state index in [4.69, 9.17) is 0 Å². The molecular formula is C18H20N2O2. The molecule has 0 aliphatic heterocycles. The Bertz CT molecular complexity index is 653. The molecule has 4 heteroatoms. The van der Waals surface area contributed by atoms with Crippen LogP contribution in [0.2, 0.25) is 0 Å². The van der Waals surface area contributed by atoms with Crippen molar-refractivity contribution in [2.24, 2.45) is 0 Å². The molecule has 0 heterocycles. The molecule has 2 aromatic carbocycles. The van der Waals surface area contributed by atoms with Crippen molar-refractivity contribution in [1.82, 2.24) is 5.32 Å². The van der Waals surface area contributed by atoms with Gasteiger partial charge in [0.1, 0.15) is 0 Å². The molecule has 1 atom stereocenters. The normalized spacial score (nSPS) is 11.5. The third-order valence-electron chi connectivity index (χ3n) is 3.40. The summed E-state index contributed by atoms with van der Waals surface area (Å²) in [6.45, 7) is 3.63. The predicted molar refractivity (Wildman–Crippen MR) is 87.9 cm³/mol. The fraction of sp³-hybridized carbons (Fsp3) is 0.222. The van der Waals surface area contributed by atoms with Gasteiger partial charge in [-0.3, -0.25) is 9.59 Å². The highest BCUT2D eigenvalue weighted by Gasteiger charge is 2.09. The first-order valence-electron chi connectivity index (χ1n) is 7.25. The fourth-order valence-corrected chi connectivity index (χ4v) is 2.15. The maximum absolute atomic E-state index is 12.0. The van der Waals surface area contributed by atoms with E-state index in [0.29, 0.717) is 5.56 Å². The molecule has 0 bridgehead atoms. The topological polar surface area (TPSA) is 58.2 Å². The van der Waals surface area contributed by atoms with Crippen LogP contribution in [-0.4, -0.2) is 18.2 Å². The van der Waals surface area contributed by atoms with Crippen LogP contribution in [0, 0.1) is 0 Å². The summed E-state index contributed by atoms with van der Waals surface area (Å²) in [7, 11) is 0. The van der Waals surface area contributed by atoms with Crippen molar-refractivity contribution in [3.8, 4) is 0 Å². The number of ketones is 1. The second-order valence-electron chi connectivity index (χ2n) is 5.19. The van der Waals surface area contributed by atoms with E-state index in [-0.39, 0.29) is 24.3 Å². The van der Waals surface area contributed by atoms with Crippen LogP contribution in [0.15, 0.2) is 54.6 Å². The third kappa shape index (κ3) is 4.45. The molecule has 0 saturated carbocycles. The van der Waals surface area contributed by atoms with Gasteiger partial charge in [-0.15, -0.1) is 0 Å². The van der Waals surface area contributed by atoms with Gasteiger partial charge < -0.3 is 10.6 Å². The zero-order valence-electron chi connectivity index (χ0n) is 12.8. The fourth-order valence-electron chi connectivity index (χ4n) is 2.15. The summed E-state index contributed by atoms with van der Waals surface area (Å²) in [4.78, 5) is 23.3. The van der Waals surface area contributed by atoms with Gasteiger partial charge in [-0.05, 0) is 31.5 Å². The molecular weight excluding hydrogens is 276 g/mol. The molecule has 2 aromatic rings. The number of nitrogens with one attached hydrogen (secondary N) is 2. The Morgan fingerprint density at radius 1 is 1.05 bits per heavy atom. The molecule has 114 valence electrons. The molecule has 4 nitrogen and oxygen atoms in total. The van der Waals surface area contributed by atoms with Crippen LogP contribution in [-0.2, 0) is 4.79 Å². The first-order valence-corrected chi connectivity index (χ1v) is 7.25. The zero-order valence-corrected chi connectivity index (χ0v) is 12.8. The molecule has 0 fully saturated rings. The van der Waals surface area contributed by atoms with Crippen LogP contribution in [0.25, 0.3) is 0 Å². The average molecular weight is 296 g/mol. The minimum atomic E-state index is -0.0930. The molecule has 2 rings (SSSR count). The van der Waals surface area contributed by atoms with E-state index in [2.05, 4.69) is 10.6 Å². The molecule has 0 radical (unpaired) electrons. The molecule has 0 aliphatic carbocycles. The van der Waals surface area contributed by atoms with E-state index in [1.165, 1.54) is 6.92 Å². The average Bonchev–Trinajstić information content (AvgIpc) is 2.54. The summed E-state index contributed by atoms with van der Waals surface area (Å²) >= 11 is 0. The number of amides is 1. The molecule has 0 saturated heterocycles. The van der Waals surface area contributed by atoms with Gasteiger partial charge >= 0.3 is 0 Å². The Balaban J connectivity index is 1.88. The summed E-state index contributed by atoms with van der Waals surface area (Å²) in [5.41, 5.74) is 2.45. The Morgan fingerprint density at radius 3 is 2.45 bits per heavy atom. The second-order valence-corrected chi connectivity index (χ2v) is 5.19. The molecule has 1 amide bonds. The van der Waals surface area contributed by atoms with E-state index in [1.807, 2.05) is 43.3 Å². The van der Waals surface area contributed by atoms with Crippen molar-refractivity contribution in [3.63, 3.8) is 0 Å². The smallest absolute Gasteiger partial charge is 0.239 e. The number of hydrogen-bond acceptors (Lipinski definition) is 3. The number of rotatable bonds is 6. The van der Waals surface area contributed by atoms with E-state index in [1.54, 1.807) is 18.2 Å². The number of carbonyl (C=O) groups excluding carboxylic acids is 2. The molecule has 22 heavy (non-hydrogen) atoms. The van der Waals surface area contributed by atoms with Crippen molar-refractivity contribution in [1.29, 1.82) is 0 Å². The van der Waals surface area contributed by atoms with E-state index in [9.17, 15) is 9.59 Å². The van der Waals surface area contributed by atoms with E-state index < -0.39 is 0 Å². The summed E-state index contributed by atoms with van der Waals surface area (Å²) in [5.74, 6) is -0.0876.